The Morgan fingerprint density at radius 2 is 1.94 bits per heavy atom. The maximum absolute atomic E-state index is 14.2. The second-order valence-corrected chi connectivity index (χ2v) is 9.18. The number of rotatable bonds is 6. The van der Waals surface area contributed by atoms with Crippen molar-refractivity contribution in [3.05, 3.63) is 68.7 Å². The average Bonchev–Trinajstić information content (AvgIpc) is 3.39. The van der Waals surface area contributed by atoms with Gasteiger partial charge in [-0.1, -0.05) is 34.4 Å². The minimum atomic E-state index is -4.83. The highest BCUT2D eigenvalue weighted by Gasteiger charge is 2.62. The lowest BCUT2D eigenvalue weighted by Crippen LogP contribution is -2.43. The van der Waals surface area contributed by atoms with Gasteiger partial charge >= 0.3 is 6.18 Å². The summed E-state index contributed by atoms with van der Waals surface area (Å²) < 4.78 is 42.6. The molecule has 2 aromatic rings. The third-order valence-corrected chi connectivity index (χ3v) is 6.30. The van der Waals surface area contributed by atoms with E-state index in [9.17, 15) is 22.8 Å². The van der Waals surface area contributed by atoms with E-state index >= 15 is 0 Å². The van der Waals surface area contributed by atoms with Gasteiger partial charge in [0.1, 0.15) is 12.6 Å². The minimum Gasteiger partial charge on any atom is -0.394 e. The molecule has 2 atom stereocenters. The van der Waals surface area contributed by atoms with E-state index in [0.29, 0.717) is 11.1 Å². The Morgan fingerprint density at radius 3 is 2.56 bits per heavy atom. The molecule has 2 N–H and O–H groups in total. The summed E-state index contributed by atoms with van der Waals surface area (Å²) >= 11 is 11.9. The zero-order chi connectivity index (χ0) is 26.3. The Hall–Kier alpha value is -2.86. The lowest BCUT2D eigenvalue weighted by Gasteiger charge is -2.29. The molecular formula is C23H20Cl2F3N3O5. The third-order valence-electron chi connectivity index (χ3n) is 5.87. The van der Waals surface area contributed by atoms with E-state index in [1.165, 1.54) is 24.3 Å². The molecule has 0 bridgehead atoms. The number of nitrogens with zero attached hydrogens (tertiary/aromatic N) is 2. The van der Waals surface area contributed by atoms with Crippen molar-refractivity contribution < 1.29 is 37.5 Å². The first-order valence-corrected chi connectivity index (χ1v) is 11.5. The number of amides is 2. The van der Waals surface area contributed by atoms with E-state index in [1.54, 1.807) is 6.92 Å². The van der Waals surface area contributed by atoms with Crippen LogP contribution in [0, 0.1) is 6.92 Å². The monoisotopic (exact) mass is 545 g/mol. The number of oxime groups is 1. The Bertz CT molecular complexity index is 1220. The van der Waals surface area contributed by atoms with Gasteiger partial charge in [-0.15, -0.1) is 0 Å². The van der Waals surface area contributed by atoms with Gasteiger partial charge in [-0.25, -0.2) is 5.06 Å². The van der Waals surface area contributed by atoms with Crippen molar-refractivity contribution in [2.45, 2.75) is 31.2 Å². The number of halogens is 5. The number of aryl methyl sites for hydroxylation is 1. The van der Waals surface area contributed by atoms with E-state index < -0.39 is 36.1 Å². The molecule has 13 heteroatoms. The highest BCUT2D eigenvalue weighted by molar-refractivity contribution is 6.34. The van der Waals surface area contributed by atoms with Gasteiger partial charge in [-0.3, -0.25) is 14.4 Å². The lowest BCUT2D eigenvalue weighted by atomic mass is 9.86. The second kappa shape index (κ2) is 9.89. The molecule has 2 aromatic carbocycles. The van der Waals surface area contributed by atoms with Crippen LogP contribution >= 0.6 is 23.2 Å². The van der Waals surface area contributed by atoms with Gasteiger partial charge in [0.05, 0.1) is 18.9 Å². The van der Waals surface area contributed by atoms with E-state index in [2.05, 4.69) is 10.5 Å². The largest absolute Gasteiger partial charge is 0.435 e. The molecule has 1 unspecified atom stereocenters. The van der Waals surface area contributed by atoms with Crippen LogP contribution in [0.3, 0.4) is 0 Å². The van der Waals surface area contributed by atoms with Crippen molar-refractivity contribution in [2.75, 3.05) is 19.8 Å². The van der Waals surface area contributed by atoms with Crippen LogP contribution in [0.25, 0.3) is 0 Å². The fourth-order valence-electron chi connectivity index (χ4n) is 4.02. The number of carbonyl (C=O) groups excluding carboxylic acids is 2. The van der Waals surface area contributed by atoms with Crippen molar-refractivity contribution in [1.29, 1.82) is 0 Å². The van der Waals surface area contributed by atoms with Crippen molar-refractivity contribution in [3.63, 3.8) is 0 Å². The molecule has 1 saturated heterocycles. The van der Waals surface area contributed by atoms with Gasteiger partial charge in [0.2, 0.25) is 0 Å². The maximum atomic E-state index is 14.2. The molecule has 8 nitrogen and oxygen atoms in total. The second-order valence-electron chi connectivity index (χ2n) is 8.30. The first-order chi connectivity index (χ1) is 16.9. The van der Waals surface area contributed by atoms with Crippen LogP contribution in [0.1, 0.15) is 33.5 Å². The summed E-state index contributed by atoms with van der Waals surface area (Å²) in [5.74, 6) is -1.05. The fraction of sp³-hybridized carbons (Fsp3) is 0.348. The van der Waals surface area contributed by atoms with Crippen molar-refractivity contribution in [2.24, 2.45) is 5.16 Å². The normalized spacial score (nSPS) is 22.0. The van der Waals surface area contributed by atoms with Crippen LogP contribution in [0.4, 0.5) is 13.2 Å². The standard InChI is InChI=1S/C23H20Cl2F3N3O5/c1-12-6-13(2-3-17(12)20(33)29-19-11-35-31(4-5-32)21(19)34)18-10-22(36-30-18,23(26,27)28)14-7-15(24)9-16(25)8-14/h2-3,6-9,19,32H,4-5,10-11H2,1H3,(H,29,33)/t19?,22-/m1/s1. The number of nitrogens with one attached hydrogen (secondary N) is 1. The lowest BCUT2D eigenvalue weighted by molar-refractivity contribution is -0.275. The van der Waals surface area contributed by atoms with Gasteiger partial charge in [-0.05, 0) is 48.4 Å². The number of hydrogen-bond donors (Lipinski definition) is 2. The maximum Gasteiger partial charge on any atom is 0.435 e. The van der Waals surface area contributed by atoms with E-state index in [0.717, 1.165) is 17.2 Å². The van der Waals surface area contributed by atoms with Gasteiger partial charge in [-0.2, -0.15) is 13.2 Å². The van der Waals surface area contributed by atoms with Crippen LogP contribution in [0.2, 0.25) is 10.0 Å². The van der Waals surface area contributed by atoms with E-state index in [-0.39, 0.29) is 46.6 Å². The zero-order valence-electron chi connectivity index (χ0n) is 18.7. The van der Waals surface area contributed by atoms with Crippen molar-refractivity contribution in [1.82, 2.24) is 10.4 Å². The van der Waals surface area contributed by atoms with Crippen LogP contribution in [-0.2, 0) is 20.1 Å². The average molecular weight is 546 g/mol. The predicted octanol–water partition coefficient (Wildman–Crippen LogP) is 3.75. The van der Waals surface area contributed by atoms with Gasteiger partial charge in [0, 0.05) is 27.6 Å². The number of benzene rings is 2. The van der Waals surface area contributed by atoms with Crippen molar-refractivity contribution in [3.8, 4) is 0 Å². The number of aliphatic hydroxyl groups excluding tert-OH is 1. The molecule has 192 valence electrons. The highest BCUT2D eigenvalue weighted by atomic mass is 35.5. The quantitative estimate of drug-likeness (QED) is 0.575. The molecule has 0 aromatic heterocycles. The molecule has 2 heterocycles. The zero-order valence-corrected chi connectivity index (χ0v) is 20.2. The summed E-state index contributed by atoms with van der Waals surface area (Å²) in [4.78, 5) is 35.1. The van der Waals surface area contributed by atoms with Gasteiger partial charge in [0.25, 0.3) is 17.4 Å². The topological polar surface area (TPSA) is 100 Å². The number of hydroxylamine groups is 2. The molecule has 4 rings (SSSR count). The minimum absolute atomic E-state index is 0.0232. The summed E-state index contributed by atoms with van der Waals surface area (Å²) in [6, 6.07) is 7.05. The molecule has 36 heavy (non-hydrogen) atoms. The highest BCUT2D eigenvalue weighted by Crippen LogP contribution is 2.49. The SMILES string of the molecule is Cc1cc(C2=NO[C@](c3cc(Cl)cc(Cl)c3)(C(F)(F)F)C2)ccc1C(=O)NC1CON(CCO)C1=O. The molecule has 0 radical (unpaired) electrons. The summed E-state index contributed by atoms with van der Waals surface area (Å²) in [5, 5.41) is 16.3. The smallest absolute Gasteiger partial charge is 0.394 e. The Morgan fingerprint density at radius 1 is 1.25 bits per heavy atom. The number of aliphatic hydroxyl groups is 1. The molecule has 2 amide bonds. The van der Waals surface area contributed by atoms with E-state index in [1.807, 2.05) is 0 Å². The number of carbonyl (C=O) groups is 2. The molecular weight excluding hydrogens is 526 g/mol. The fourth-order valence-corrected chi connectivity index (χ4v) is 4.55. The Balaban J connectivity index is 1.53. The summed E-state index contributed by atoms with van der Waals surface area (Å²) in [6.07, 6.45) is -5.46. The number of alkyl halides is 3. The summed E-state index contributed by atoms with van der Waals surface area (Å²) in [5.41, 5.74) is -2.03. The van der Waals surface area contributed by atoms with Crippen LogP contribution in [0.5, 0.6) is 0 Å². The molecule has 1 fully saturated rings. The third kappa shape index (κ3) is 4.88. The molecule has 0 saturated carbocycles. The van der Waals surface area contributed by atoms with Gasteiger partial charge in [0.15, 0.2) is 0 Å². The van der Waals surface area contributed by atoms with E-state index in [4.69, 9.17) is 38.0 Å². The molecule has 2 aliphatic heterocycles. The molecule has 0 aliphatic carbocycles. The number of β-amino-alcohol motifs (C(OH)–C–C–N with tert-alkyl or cyclic N) is 1. The molecule has 2 aliphatic rings. The first kappa shape index (κ1) is 26.2. The predicted molar refractivity (Wildman–Crippen MR) is 124 cm³/mol. The Kier molecular flexibility index (Phi) is 7.20. The van der Waals surface area contributed by atoms with Gasteiger partial charge < -0.3 is 15.3 Å². The van der Waals surface area contributed by atoms with Crippen LogP contribution < -0.4 is 5.32 Å². The molecule has 0 spiro atoms. The summed E-state index contributed by atoms with van der Waals surface area (Å²) in [6.45, 7) is 1.21. The van der Waals surface area contributed by atoms with Crippen LogP contribution in [0.15, 0.2) is 41.6 Å². The number of hydrogen-bond acceptors (Lipinski definition) is 6. The van der Waals surface area contributed by atoms with Crippen molar-refractivity contribution >= 4 is 40.7 Å². The first-order valence-electron chi connectivity index (χ1n) is 10.7. The Labute approximate surface area is 213 Å². The summed E-state index contributed by atoms with van der Waals surface area (Å²) in [7, 11) is 0. The van der Waals surface area contributed by atoms with Crippen LogP contribution in [-0.4, -0.2) is 59.7 Å².